The number of imidazole rings is 1. The van der Waals surface area contributed by atoms with Crippen molar-refractivity contribution in [3.05, 3.63) is 78.4 Å². The van der Waals surface area contributed by atoms with Crippen molar-refractivity contribution < 1.29 is 23.1 Å². The number of nitrogens with zero attached hydrogens (tertiary/aromatic N) is 1. The standard InChI is InChI=1S/C19H18N4O5S/c24-18(13-4-2-1-3-5-13)22-14-6-8-16(9-7-14)29(27,28)23-17(19(25)26)10-15-11-20-12-21-15/h1-9,11-12,17,23H,10H2,(H,20,21)(H,22,24)(H,25,26)/t17-/m1/s1. The van der Waals surface area contributed by atoms with Crippen molar-refractivity contribution >= 4 is 27.6 Å². The zero-order valence-electron chi connectivity index (χ0n) is 15.1. The van der Waals surface area contributed by atoms with Gasteiger partial charge in [0.15, 0.2) is 0 Å². The van der Waals surface area contributed by atoms with Crippen molar-refractivity contribution in [3.63, 3.8) is 0 Å². The number of carboxylic acids is 1. The molecule has 0 aliphatic carbocycles. The Hall–Kier alpha value is -3.50. The number of nitrogens with one attached hydrogen (secondary N) is 3. The number of benzene rings is 2. The van der Waals surface area contributed by atoms with E-state index in [1.165, 1.54) is 36.8 Å². The minimum atomic E-state index is -4.08. The number of amides is 1. The summed E-state index contributed by atoms with van der Waals surface area (Å²) in [6, 6.07) is 12.7. The van der Waals surface area contributed by atoms with E-state index in [9.17, 15) is 23.1 Å². The molecule has 0 bridgehead atoms. The van der Waals surface area contributed by atoms with Crippen LogP contribution in [0.2, 0.25) is 0 Å². The minimum Gasteiger partial charge on any atom is -0.480 e. The van der Waals surface area contributed by atoms with E-state index in [4.69, 9.17) is 0 Å². The van der Waals surface area contributed by atoms with Crippen LogP contribution in [0, 0.1) is 0 Å². The molecule has 0 saturated heterocycles. The van der Waals surface area contributed by atoms with E-state index in [-0.39, 0.29) is 17.2 Å². The average Bonchev–Trinajstić information content (AvgIpc) is 3.21. The molecule has 2 aromatic carbocycles. The predicted octanol–water partition coefficient (Wildman–Crippen LogP) is 1.64. The normalized spacial score (nSPS) is 12.3. The van der Waals surface area contributed by atoms with Crippen LogP contribution in [0.25, 0.3) is 0 Å². The van der Waals surface area contributed by atoms with Crippen LogP contribution in [0.4, 0.5) is 5.69 Å². The first-order valence-electron chi connectivity index (χ1n) is 8.54. The Morgan fingerprint density at radius 1 is 1.07 bits per heavy atom. The summed E-state index contributed by atoms with van der Waals surface area (Å²) in [5.41, 5.74) is 1.36. The molecule has 0 aliphatic heterocycles. The number of rotatable bonds is 8. The van der Waals surface area contributed by atoms with Crippen molar-refractivity contribution in [2.24, 2.45) is 0 Å². The van der Waals surface area contributed by atoms with Gasteiger partial charge in [-0.05, 0) is 36.4 Å². The minimum absolute atomic E-state index is 0.0836. The fraction of sp³-hybridized carbons (Fsp3) is 0.105. The van der Waals surface area contributed by atoms with Crippen molar-refractivity contribution in [2.45, 2.75) is 17.4 Å². The van der Waals surface area contributed by atoms with Crippen LogP contribution in [0.1, 0.15) is 16.1 Å². The number of H-pyrrole nitrogens is 1. The molecule has 3 aromatic rings. The van der Waals surface area contributed by atoms with Gasteiger partial charge >= 0.3 is 5.97 Å². The lowest BCUT2D eigenvalue weighted by molar-refractivity contribution is -0.138. The number of hydrogen-bond acceptors (Lipinski definition) is 5. The van der Waals surface area contributed by atoms with Crippen molar-refractivity contribution in [3.8, 4) is 0 Å². The van der Waals surface area contributed by atoms with Crippen LogP contribution in [0.5, 0.6) is 0 Å². The number of carboxylic acid groups (broad SMARTS) is 1. The number of carbonyl (C=O) groups excluding carboxylic acids is 1. The number of aromatic amines is 1. The van der Waals surface area contributed by atoms with Gasteiger partial charge in [-0.3, -0.25) is 9.59 Å². The maximum absolute atomic E-state index is 12.5. The maximum atomic E-state index is 12.5. The molecule has 1 amide bonds. The number of aromatic nitrogens is 2. The van der Waals surface area contributed by atoms with Crippen LogP contribution in [0.3, 0.4) is 0 Å². The summed E-state index contributed by atoms with van der Waals surface area (Å²) in [4.78, 5) is 30.0. The van der Waals surface area contributed by atoms with Gasteiger partial charge in [0.25, 0.3) is 5.91 Å². The SMILES string of the molecule is O=C(Nc1ccc(S(=O)(=O)N[C@H](Cc2cnc[nH]2)C(=O)O)cc1)c1ccccc1. The zero-order chi connectivity index (χ0) is 20.9. The van der Waals surface area contributed by atoms with E-state index >= 15 is 0 Å². The number of anilines is 1. The van der Waals surface area contributed by atoms with E-state index < -0.39 is 22.0 Å². The monoisotopic (exact) mass is 414 g/mol. The van der Waals surface area contributed by atoms with Gasteiger partial charge in [0.2, 0.25) is 10.0 Å². The maximum Gasteiger partial charge on any atom is 0.322 e. The highest BCUT2D eigenvalue weighted by atomic mass is 32.2. The lowest BCUT2D eigenvalue weighted by Gasteiger charge is -2.14. The second kappa shape index (κ2) is 8.67. The molecule has 0 unspecified atom stereocenters. The van der Waals surface area contributed by atoms with E-state index in [0.717, 1.165) is 0 Å². The Kier molecular flexibility index (Phi) is 6.05. The first-order valence-corrected chi connectivity index (χ1v) is 10.0. The summed E-state index contributed by atoms with van der Waals surface area (Å²) >= 11 is 0. The molecule has 0 fully saturated rings. The quantitative estimate of drug-likeness (QED) is 0.441. The van der Waals surface area contributed by atoms with Gasteiger partial charge < -0.3 is 15.4 Å². The molecular formula is C19H18N4O5S. The predicted molar refractivity (Wildman–Crippen MR) is 105 cm³/mol. The lowest BCUT2D eigenvalue weighted by Crippen LogP contribution is -2.42. The smallest absolute Gasteiger partial charge is 0.322 e. The molecule has 0 saturated carbocycles. The number of hydrogen-bond donors (Lipinski definition) is 4. The fourth-order valence-electron chi connectivity index (χ4n) is 2.56. The Morgan fingerprint density at radius 2 is 1.76 bits per heavy atom. The average molecular weight is 414 g/mol. The Labute approximate surface area is 166 Å². The van der Waals surface area contributed by atoms with Gasteiger partial charge in [-0.15, -0.1) is 0 Å². The Morgan fingerprint density at radius 3 is 2.34 bits per heavy atom. The molecule has 10 heteroatoms. The second-order valence-electron chi connectivity index (χ2n) is 6.14. The Balaban J connectivity index is 1.70. The largest absolute Gasteiger partial charge is 0.480 e. The molecule has 1 atom stereocenters. The molecule has 3 rings (SSSR count). The summed E-state index contributed by atoms with van der Waals surface area (Å²) in [6.07, 6.45) is 2.72. The third-order valence-corrected chi connectivity index (χ3v) is 5.52. The van der Waals surface area contributed by atoms with Crippen LogP contribution in [-0.4, -0.2) is 41.4 Å². The summed E-state index contributed by atoms with van der Waals surface area (Å²) in [6.45, 7) is 0. The third-order valence-electron chi connectivity index (χ3n) is 4.03. The molecule has 4 N–H and O–H groups in total. The van der Waals surface area contributed by atoms with Crippen molar-refractivity contribution in [2.75, 3.05) is 5.32 Å². The summed E-state index contributed by atoms with van der Waals surface area (Å²) < 4.78 is 27.3. The van der Waals surface area contributed by atoms with E-state index in [1.54, 1.807) is 30.3 Å². The van der Waals surface area contributed by atoms with Gasteiger partial charge in [-0.25, -0.2) is 13.4 Å². The van der Waals surface area contributed by atoms with Crippen LogP contribution in [-0.2, 0) is 21.2 Å². The second-order valence-corrected chi connectivity index (χ2v) is 7.85. The number of aliphatic carboxylic acids is 1. The fourth-order valence-corrected chi connectivity index (χ4v) is 3.75. The van der Waals surface area contributed by atoms with Crippen LogP contribution in [0.15, 0.2) is 72.0 Å². The van der Waals surface area contributed by atoms with Gasteiger partial charge in [0.05, 0.1) is 11.2 Å². The van der Waals surface area contributed by atoms with Crippen LogP contribution < -0.4 is 10.0 Å². The first kappa shape index (κ1) is 20.2. The van der Waals surface area contributed by atoms with Crippen molar-refractivity contribution in [1.82, 2.24) is 14.7 Å². The molecule has 0 spiro atoms. The third kappa shape index (κ3) is 5.27. The molecule has 1 heterocycles. The molecule has 1 aromatic heterocycles. The van der Waals surface area contributed by atoms with E-state index in [1.807, 2.05) is 0 Å². The van der Waals surface area contributed by atoms with Gasteiger partial charge in [-0.2, -0.15) is 4.72 Å². The highest BCUT2D eigenvalue weighted by Gasteiger charge is 2.26. The molecule has 29 heavy (non-hydrogen) atoms. The van der Waals surface area contributed by atoms with Gasteiger partial charge in [-0.1, -0.05) is 18.2 Å². The lowest BCUT2D eigenvalue weighted by atomic mass is 10.2. The molecule has 0 radical (unpaired) electrons. The number of carbonyl (C=O) groups is 2. The molecule has 0 aliphatic rings. The molecular weight excluding hydrogens is 396 g/mol. The van der Waals surface area contributed by atoms with E-state index in [2.05, 4.69) is 20.0 Å². The van der Waals surface area contributed by atoms with Crippen molar-refractivity contribution in [1.29, 1.82) is 0 Å². The molecule has 9 nitrogen and oxygen atoms in total. The topological polar surface area (TPSA) is 141 Å². The van der Waals surface area contributed by atoms with Crippen LogP contribution >= 0.6 is 0 Å². The highest BCUT2D eigenvalue weighted by Crippen LogP contribution is 2.16. The first-order chi connectivity index (χ1) is 13.8. The van der Waals surface area contributed by atoms with Gasteiger partial charge in [0, 0.05) is 29.6 Å². The van der Waals surface area contributed by atoms with E-state index in [0.29, 0.717) is 16.9 Å². The highest BCUT2D eigenvalue weighted by molar-refractivity contribution is 7.89. The summed E-state index contributed by atoms with van der Waals surface area (Å²) in [7, 11) is -4.08. The van der Waals surface area contributed by atoms with Gasteiger partial charge in [0.1, 0.15) is 6.04 Å². The summed E-state index contributed by atoms with van der Waals surface area (Å²) in [5.74, 6) is -1.64. The Bertz CT molecular complexity index is 1080. The molecule has 150 valence electrons. The zero-order valence-corrected chi connectivity index (χ0v) is 15.9. The number of sulfonamides is 1. The summed E-state index contributed by atoms with van der Waals surface area (Å²) in [5, 5.41) is 12.0.